The molecule has 0 aliphatic carbocycles. The van der Waals surface area contributed by atoms with Crippen LogP contribution in [0.25, 0.3) is 0 Å². The van der Waals surface area contributed by atoms with Gasteiger partial charge in [-0.1, -0.05) is 0 Å². The molecule has 0 heterocycles. The van der Waals surface area contributed by atoms with E-state index in [2.05, 4.69) is 0 Å². The molecule has 1 atom stereocenters. The van der Waals surface area contributed by atoms with Crippen LogP contribution in [-0.2, 0) is 28.9 Å². The molecule has 0 fully saturated rings. The molecule has 5 nitrogen and oxygen atoms in total. The summed E-state index contributed by atoms with van der Waals surface area (Å²) in [6.45, 7) is 5.00. The molecule has 0 saturated heterocycles. The predicted molar refractivity (Wildman–Crippen MR) is 86.0 cm³/mol. The first-order valence-electron chi connectivity index (χ1n) is 7.39. The molecule has 0 amide bonds. The Labute approximate surface area is 139 Å². The minimum absolute atomic E-state index is 0.0382. The third-order valence-electron chi connectivity index (χ3n) is 2.94. The van der Waals surface area contributed by atoms with E-state index in [-0.39, 0.29) is 25.1 Å². The van der Waals surface area contributed by atoms with Crippen LogP contribution in [0.5, 0.6) is 0 Å². The van der Waals surface area contributed by atoms with Gasteiger partial charge in [0.1, 0.15) is 5.90 Å². The summed E-state index contributed by atoms with van der Waals surface area (Å²) >= 11 is 0. The molecule has 1 aromatic rings. The lowest BCUT2D eigenvalue weighted by Crippen LogP contribution is -2.14. The fourth-order valence-corrected chi connectivity index (χ4v) is 7.51. The van der Waals surface area contributed by atoms with Crippen molar-refractivity contribution in [3.05, 3.63) is 29.8 Å². The van der Waals surface area contributed by atoms with Crippen LogP contribution in [0.3, 0.4) is 0 Å². The van der Waals surface area contributed by atoms with E-state index >= 15 is 0 Å². The van der Waals surface area contributed by atoms with Crippen molar-refractivity contribution >= 4 is 20.3 Å². The van der Waals surface area contributed by atoms with Gasteiger partial charge in [-0.25, -0.2) is 0 Å². The van der Waals surface area contributed by atoms with Gasteiger partial charge in [0.05, 0.1) is 25.4 Å². The zero-order valence-electron chi connectivity index (χ0n) is 13.7. The minimum atomic E-state index is -4.50. The maximum absolute atomic E-state index is 13.1. The van der Waals surface area contributed by atoms with Gasteiger partial charge in [-0.2, -0.15) is 13.2 Å². The number of hydrogen-bond donors (Lipinski definition) is 0. The lowest BCUT2D eigenvalue weighted by Gasteiger charge is -2.24. The fourth-order valence-electron chi connectivity index (χ4n) is 2.02. The number of benzene rings is 1. The molecule has 10 heteroatoms. The highest BCUT2D eigenvalue weighted by atomic mass is 31.2. The quantitative estimate of drug-likeness (QED) is 0.565. The van der Waals surface area contributed by atoms with E-state index in [0.717, 1.165) is 24.3 Å². The Balaban J connectivity index is 3.19. The van der Waals surface area contributed by atoms with Crippen molar-refractivity contribution in [3.8, 4) is 0 Å². The van der Waals surface area contributed by atoms with Gasteiger partial charge in [0.15, 0.2) is 0 Å². The van der Waals surface area contributed by atoms with Gasteiger partial charge < -0.3 is 13.6 Å². The van der Waals surface area contributed by atoms with Gasteiger partial charge in [0.2, 0.25) is 7.37 Å². The Morgan fingerprint density at radius 1 is 0.875 bits per heavy atom. The third kappa shape index (κ3) is 5.71. The van der Waals surface area contributed by atoms with Gasteiger partial charge in [0.25, 0.3) is 0 Å². The number of halogens is 3. The first-order chi connectivity index (χ1) is 11.1. The first kappa shape index (κ1) is 21.4. The highest BCUT2D eigenvalue weighted by Crippen LogP contribution is 2.62. The summed E-state index contributed by atoms with van der Waals surface area (Å²) < 4.78 is 79.2. The lowest BCUT2D eigenvalue weighted by molar-refractivity contribution is -0.137. The highest BCUT2D eigenvalue weighted by molar-refractivity contribution is 7.78. The fraction of sp³-hybridized carbons (Fsp3) is 0.571. The monoisotopic (exact) mass is 388 g/mol. The molecule has 0 N–H and O–H groups in total. The number of rotatable bonds is 9. The number of alkyl halides is 3. The van der Waals surface area contributed by atoms with Crippen LogP contribution in [0.2, 0.25) is 0 Å². The summed E-state index contributed by atoms with van der Waals surface area (Å²) in [5.74, 6) is -0.527. The second kappa shape index (κ2) is 8.63. The van der Waals surface area contributed by atoms with Crippen LogP contribution >= 0.6 is 15.0 Å². The lowest BCUT2D eigenvalue weighted by atomic mass is 10.2. The number of hydrogen-bond acceptors (Lipinski definition) is 5. The van der Waals surface area contributed by atoms with Gasteiger partial charge >= 0.3 is 13.8 Å². The molecule has 0 spiro atoms. The molecular formula is C14H21F3O5P2. The van der Waals surface area contributed by atoms with Gasteiger partial charge in [-0.15, -0.1) is 0 Å². The zero-order chi connectivity index (χ0) is 18.4. The van der Waals surface area contributed by atoms with Crippen molar-refractivity contribution < 1.29 is 35.9 Å². The Bertz CT molecular complexity index is 606. The van der Waals surface area contributed by atoms with E-state index in [1.54, 1.807) is 20.8 Å². The highest BCUT2D eigenvalue weighted by Gasteiger charge is 2.39. The maximum atomic E-state index is 13.1. The van der Waals surface area contributed by atoms with Crippen molar-refractivity contribution in [2.75, 3.05) is 25.7 Å². The van der Waals surface area contributed by atoms with Crippen LogP contribution < -0.4 is 5.30 Å². The van der Waals surface area contributed by atoms with Crippen molar-refractivity contribution in [3.63, 3.8) is 0 Å². The SMILES string of the molecule is CCOP(=O)(CP(=O)(OCC)c1ccc(C(F)(F)F)cc1)OCC. The molecule has 0 aromatic heterocycles. The van der Waals surface area contributed by atoms with Crippen LogP contribution in [0, 0.1) is 0 Å². The molecule has 0 saturated carbocycles. The summed E-state index contributed by atoms with van der Waals surface area (Å²) in [6, 6.07) is 3.77. The van der Waals surface area contributed by atoms with Gasteiger partial charge in [0, 0.05) is 5.30 Å². The van der Waals surface area contributed by atoms with Crippen LogP contribution in [0.1, 0.15) is 26.3 Å². The van der Waals surface area contributed by atoms with Gasteiger partial charge in [-0.3, -0.25) is 9.13 Å². The minimum Gasteiger partial charge on any atom is -0.325 e. The summed E-state index contributed by atoms with van der Waals surface area (Å²) in [5.41, 5.74) is -0.868. The Hall–Kier alpha value is -0.650. The second-order valence-corrected chi connectivity index (χ2v) is 9.71. The van der Waals surface area contributed by atoms with E-state index < -0.39 is 32.6 Å². The molecule has 0 bridgehead atoms. The van der Waals surface area contributed by atoms with E-state index in [9.17, 15) is 22.3 Å². The Morgan fingerprint density at radius 3 is 1.71 bits per heavy atom. The van der Waals surface area contributed by atoms with E-state index in [1.807, 2.05) is 0 Å². The van der Waals surface area contributed by atoms with Crippen LogP contribution in [0.15, 0.2) is 24.3 Å². The molecule has 0 radical (unpaired) electrons. The van der Waals surface area contributed by atoms with E-state index in [1.165, 1.54) is 0 Å². The Kier molecular flexibility index (Phi) is 7.70. The normalized spacial score (nSPS) is 15.2. The molecule has 1 aromatic carbocycles. The zero-order valence-corrected chi connectivity index (χ0v) is 15.5. The van der Waals surface area contributed by atoms with Crippen molar-refractivity contribution in [1.29, 1.82) is 0 Å². The van der Waals surface area contributed by atoms with Crippen molar-refractivity contribution in [2.24, 2.45) is 0 Å². The topological polar surface area (TPSA) is 61.8 Å². The molecule has 138 valence electrons. The van der Waals surface area contributed by atoms with Crippen LogP contribution in [-0.4, -0.2) is 25.7 Å². The van der Waals surface area contributed by atoms with Crippen LogP contribution in [0.4, 0.5) is 13.2 Å². The summed E-state index contributed by atoms with van der Waals surface area (Å²) in [5, 5.41) is 0.0389. The second-order valence-electron chi connectivity index (χ2n) is 4.72. The molecule has 1 rings (SSSR count). The molecular weight excluding hydrogens is 367 g/mol. The summed E-state index contributed by atoms with van der Waals surface area (Å²) in [6.07, 6.45) is -4.50. The molecule has 1 unspecified atom stereocenters. The van der Waals surface area contributed by atoms with Gasteiger partial charge in [-0.05, 0) is 45.0 Å². The smallest absolute Gasteiger partial charge is 0.325 e. The first-order valence-corrected chi connectivity index (χ1v) is 10.9. The standard InChI is InChI=1S/C14H21F3O5P2/c1-4-20-23(18,11-24(19,21-5-2)22-6-3)13-9-7-12(8-10-13)14(15,16)17/h7-10H,4-6,11H2,1-3H3. The average Bonchev–Trinajstić information content (AvgIpc) is 2.47. The Morgan fingerprint density at radius 2 is 1.33 bits per heavy atom. The maximum Gasteiger partial charge on any atom is 0.416 e. The molecule has 0 aliphatic heterocycles. The van der Waals surface area contributed by atoms with E-state index in [4.69, 9.17) is 13.6 Å². The summed E-state index contributed by atoms with van der Waals surface area (Å²) in [7, 11) is -7.40. The van der Waals surface area contributed by atoms with E-state index in [0.29, 0.717) is 0 Å². The largest absolute Gasteiger partial charge is 0.416 e. The molecule has 24 heavy (non-hydrogen) atoms. The van der Waals surface area contributed by atoms with Crippen molar-refractivity contribution in [2.45, 2.75) is 26.9 Å². The summed E-state index contributed by atoms with van der Waals surface area (Å²) in [4.78, 5) is 0. The third-order valence-corrected chi connectivity index (χ3v) is 8.88. The average molecular weight is 388 g/mol. The van der Waals surface area contributed by atoms with Crippen molar-refractivity contribution in [1.82, 2.24) is 0 Å². The predicted octanol–water partition coefficient (Wildman–Crippen LogP) is 4.87. The molecule has 0 aliphatic rings.